The molecule has 6 heteroatoms. The summed E-state index contributed by atoms with van der Waals surface area (Å²) in [7, 11) is -2.43. The monoisotopic (exact) mass is 346 g/mol. The quantitative estimate of drug-likeness (QED) is 0.278. The Hall–Kier alpha value is 0.870. The molecule has 0 heterocycles. The molecule has 0 aliphatic heterocycles. The molecule has 1 atom stereocenters. The van der Waals surface area contributed by atoms with Gasteiger partial charge in [0.15, 0.2) is 0 Å². The van der Waals surface area contributed by atoms with E-state index >= 15 is 0 Å². The van der Waals surface area contributed by atoms with E-state index in [-0.39, 0.29) is 42.8 Å². The maximum absolute atomic E-state index is 10.8. The largest absolute Gasteiger partial charge is 1.00 e. The van der Waals surface area contributed by atoms with Gasteiger partial charge in [0.05, 0.1) is 6.10 Å². The van der Waals surface area contributed by atoms with Crippen LogP contribution in [0.1, 0.15) is 85.4 Å². The van der Waals surface area contributed by atoms with Crippen molar-refractivity contribution >= 4 is 10.1 Å². The molecule has 0 aromatic carbocycles. The van der Waals surface area contributed by atoms with Crippen LogP contribution >= 0.6 is 0 Å². The molecule has 130 valence electrons. The number of ether oxygens (including phenoxy) is 1. The van der Waals surface area contributed by atoms with Crippen LogP contribution in [-0.2, 0) is 14.9 Å². The fourth-order valence-corrected chi connectivity index (χ4v) is 3.31. The van der Waals surface area contributed by atoms with Gasteiger partial charge in [-0.2, -0.15) is 8.42 Å². The molecule has 0 rings (SSSR count). The van der Waals surface area contributed by atoms with E-state index in [4.69, 9.17) is 9.29 Å². The zero-order chi connectivity index (χ0) is 16.0. The second-order valence-electron chi connectivity index (χ2n) is 5.93. The van der Waals surface area contributed by atoms with Crippen LogP contribution in [-0.4, -0.2) is 31.9 Å². The summed E-state index contributed by atoms with van der Waals surface area (Å²) in [5.41, 5.74) is 0. The first-order chi connectivity index (χ1) is 9.99. The molecule has 22 heavy (non-hydrogen) atoms. The molecule has 0 bridgehead atoms. The Balaban J connectivity index is -0.00000200. The zero-order valence-corrected chi connectivity index (χ0v) is 17.7. The summed E-state index contributed by atoms with van der Waals surface area (Å²) in [5.74, 6) is -0.290. The number of hydrogen-bond donors (Lipinski definition) is 1. The van der Waals surface area contributed by atoms with Gasteiger partial charge < -0.3 is 6.16 Å². The molecule has 4 nitrogen and oxygen atoms in total. The molecule has 0 spiro atoms. The minimum Gasteiger partial charge on any atom is -1.00 e. The predicted molar refractivity (Wildman–Crippen MR) is 89.4 cm³/mol. The number of methoxy groups -OCH3 is 1. The van der Waals surface area contributed by atoms with Gasteiger partial charge in [0, 0.05) is 7.11 Å². The minimum absolute atomic E-state index is 0. The van der Waals surface area contributed by atoms with E-state index in [9.17, 15) is 8.42 Å². The summed E-state index contributed by atoms with van der Waals surface area (Å²) in [6, 6.07) is 0. The van der Waals surface area contributed by atoms with Crippen LogP contribution in [0.25, 0.3) is 0 Å². The second-order valence-corrected chi connectivity index (χ2v) is 7.43. The van der Waals surface area contributed by atoms with E-state index in [1.165, 1.54) is 64.9 Å². The van der Waals surface area contributed by atoms with Crippen LogP contribution in [0.4, 0.5) is 0 Å². The van der Waals surface area contributed by atoms with E-state index in [0.717, 1.165) is 12.8 Å². The Morgan fingerprint density at radius 2 is 1.32 bits per heavy atom. The average molecular weight is 347 g/mol. The van der Waals surface area contributed by atoms with Gasteiger partial charge in [0.25, 0.3) is 10.1 Å². The maximum Gasteiger partial charge on any atom is 1.00 e. The van der Waals surface area contributed by atoms with Crippen LogP contribution in [0.5, 0.6) is 0 Å². The summed E-state index contributed by atoms with van der Waals surface area (Å²) < 4.78 is 35.4. The second kappa shape index (κ2) is 16.7. The van der Waals surface area contributed by atoms with Crippen LogP contribution < -0.4 is 29.6 Å². The Morgan fingerprint density at radius 1 is 0.909 bits per heavy atom. The minimum atomic E-state index is -3.92. The summed E-state index contributed by atoms with van der Waals surface area (Å²) in [6.07, 6.45) is 14.3. The fourth-order valence-electron chi connectivity index (χ4n) is 2.54. The van der Waals surface area contributed by atoms with E-state index in [1.54, 1.807) is 0 Å². The SMILES string of the molecule is CCCCCCCCCCCCCC(CS(=O)(=O)O)OC.[H-].[Na+]. The Bertz CT molecular complexity index is 326. The van der Waals surface area contributed by atoms with Gasteiger partial charge in [-0.25, -0.2) is 0 Å². The molecule has 0 aromatic heterocycles. The van der Waals surface area contributed by atoms with E-state index in [0.29, 0.717) is 6.42 Å². The molecule has 0 aliphatic rings. The zero-order valence-electron chi connectivity index (χ0n) is 15.8. The van der Waals surface area contributed by atoms with Crippen molar-refractivity contribution in [1.82, 2.24) is 0 Å². The van der Waals surface area contributed by atoms with Gasteiger partial charge in [0.1, 0.15) is 5.75 Å². The first-order valence-electron chi connectivity index (χ1n) is 8.47. The van der Waals surface area contributed by atoms with Crippen LogP contribution in [0.15, 0.2) is 0 Å². The van der Waals surface area contributed by atoms with Crippen LogP contribution in [0.2, 0.25) is 0 Å². The first-order valence-corrected chi connectivity index (χ1v) is 10.1. The van der Waals surface area contributed by atoms with Crippen molar-refractivity contribution in [3.8, 4) is 0 Å². The number of unbranched alkanes of at least 4 members (excludes halogenated alkanes) is 10. The molecule has 0 fully saturated rings. The standard InChI is InChI=1S/C16H34O4S.Na.H/c1-3-4-5-6-7-8-9-10-11-12-13-14-16(20-2)15-21(17,18)19;;/h16H,3-15H2,1-2H3,(H,17,18,19);;/q;+1;-1. The van der Waals surface area contributed by atoms with E-state index in [1.807, 2.05) is 0 Å². The summed E-state index contributed by atoms with van der Waals surface area (Å²) >= 11 is 0. The van der Waals surface area contributed by atoms with Crippen molar-refractivity contribution in [2.45, 2.75) is 90.1 Å². The summed E-state index contributed by atoms with van der Waals surface area (Å²) in [5, 5.41) is 0. The molecule has 0 saturated heterocycles. The Morgan fingerprint density at radius 3 is 1.68 bits per heavy atom. The molecule has 0 amide bonds. The van der Waals surface area contributed by atoms with Gasteiger partial charge in [0.2, 0.25) is 0 Å². The van der Waals surface area contributed by atoms with Crippen molar-refractivity contribution in [2.24, 2.45) is 0 Å². The molecule has 0 aliphatic carbocycles. The van der Waals surface area contributed by atoms with E-state index in [2.05, 4.69) is 6.92 Å². The number of hydrogen-bond acceptors (Lipinski definition) is 3. The van der Waals surface area contributed by atoms with Crippen molar-refractivity contribution in [1.29, 1.82) is 0 Å². The van der Waals surface area contributed by atoms with Gasteiger partial charge in [-0.1, -0.05) is 77.6 Å². The van der Waals surface area contributed by atoms with Crippen LogP contribution in [0, 0.1) is 0 Å². The third kappa shape index (κ3) is 18.9. The summed E-state index contributed by atoms with van der Waals surface area (Å²) in [4.78, 5) is 0. The normalized spacial score (nSPS) is 12.9. The maximum atomic E-state index is 10.8. The van der Waals surface area contributed by atoms with Gasteiger partial charge in [-0.05, 0) is 6.42 Å². The molecule has 1 unspecified atom stereocenters. The third-order valence-electron chi connectivity index (χ3n) is 3.86. The van der Waals surface area contributed by atoms with Gasteiger partial charge in [-0.15, -0.1) is 0 Å². The smallest absolute Gasteiger partial charge is 1.00 e. The van der Waals surface area contributed by atoms with Crippen molar-refractivity contribution in [3.05, 3.63) is 0 Å². The van der Waals surface area contributed by atoms with Gasteiger partial charge in [-0.3, -0.25) is 4.55 Å². The molecule has 0 radical (unpaired) electrons. The van der Waals surface area contributed by atoms with Crippen molar-refractivity contribution < 1.29 is 48.7 Å². The Labute approximate surface area is 161 Å². The molecule has 0 aromatic rings. The van der Waals surface area contributed by atoms with Crippen molar-refractivity contribution in [3.63, 3.8) is 0 Å². The molecule has 1 N–H and O–H groups in total. The van der Waals surface area contributed by atoms with Crippen molar-refractivity contribution in [2.75, 3.05) is 12.9 Å². The van der Waals surface area contributed by atoms with Gasteiger partial charge >= 0.3 is 29.6 Å². The van der Waals surface area contributed by atoms with Crippen LogP contribution in [0.3, 0.4) is 0 Å². The topological polar surface area (TPSA) is 63.6 Å². The molecule has 0 saturated carbocycles. The average Bonchev–Trinajstić information content (AvgIpc) is 2.42. The Kier molecular flexibility index (Phi) is 19.1. The fraction of sp³-hybridized carbons (Fsp3) is 1.00. The molecular weight excluding hydrogens is 311 g/mol. The molecular formula is C16H35NaO4S. The van der Waals surface area contributed by atoms with E-state index < -0.39 is 10.1 Å². The number of rotatable bonds is 15. The summed E-state index contributed by atoms with van der Waals surface area (Å²) in [6.45, 7) is 2.24. The predicted octanol–water partition coefficient (Wildman–Crippen LogP) is 1.71. The third-order valence-corrected chi connectivity index (χ3v) is 4.65. The first kappa shape index (κ1) is 25.1.